The standard InChI is InChI=1S/C9H17N.ClH/c1-2-8-7-9(8)3-5-10-6-4-9;/h8,10H,2-7H2,1H3;1H. The number of halogens is 1. The van der Waals surface area contributed by atoms with Crippen LogP contribution >= 0.6 is 12.4 Å². The summed E-state index contributed by atoms with van der Waals surface area (Å²) < 4.78 is 0. The SMILES string of the molecule is CCC1CC12CCNCC2.Cl. The normalized spacial score (nSPS) is 33.0. The van der Waals surface area contributed by atoms with Gasteiger partial charge in [-0.05, 0) is 43.7 Å². The van der Waals surface area contributed by atoms with Crippen molar-refractivity contribution in [3.05, 3.63) is 0 Å². The molecule has 2 rings (SSSR count). The van der Waals surface area contributed by atoms with E-state index in [9.17, 15) is 0 Å². The lowest BCUT2D eigenvalue weighted by atomic mass is 9.91. The Hall–Kier alpha value is 0.250. The van der Waals surface area contributed by atoms with Gasteiger partial charge in [0.2, 0.25) is 0 Å². The van der Waals surface area contributed by atoms with Crippen LogP contribution in [0.5, 0.6) is 0 Å². The predicted molar refractivity (Wildman–Crippen MR) is 50.2 cm³/mol. The lowest BCUT2D eigenvalue weighted by molar-refractivity contribution is 0.320. The molecule has 0 bridgehead atoms. The van der Waals surface area contributed by atoms with Crippen LogP contribution in [-0.2, 0) is 0 Å². The maximum atomic E-state index is 3.42. The van der Waals surface area contributed by atoms with Crippen molar-refractivity contribution in [3.8, 4) is 0 Å². The Morgan fingerprint density at radius 2 is 2.00 bits per heavy atom. The van der Waals surface area contributed by atoms with Crippen LogP contribution < -0.4 is 5.32 Å². The van der Waals surface area contributed by atoms with E-state index in [1.807, 2.05) is 0 Å². The molecule has 1 aliphatic heterocycles. The molecule has 0 aromatic carbocycles. The van der Waals surface area contributed by atoms with Gasteiger partial charge in [0.1, 0.15) is 0 Å². The third-order valence-corrected chi connectivity index (χ3v) is 3.45. The second-order valence-corrected chi connectivity index (χ2v) is 3.92. The summed E-state index contributed by atoms with van der Waals surface area (Å²) in [4.78, 5) is 0. The van der Waals surface area contributed by atoms with Crippen molar-refractivity contribution in [1.29, 1.82) is 0 Å². The Labute approximate surface area is 75.4 Å². The van der Waals surface area contributed by atoms with Gasteiger partial charge >= 0.3 is 0 Å². The molecule has 1 spiro atoms. The zero-order valence-corrected chi connectivity index (χ0v) is 8.04. The quantitative estimate of drug-likeness (QED) is 0.645. The molecule has 0 aromatic rings. The summed E-state index contributed by atoms with van der Waals surface area (Å²) in [6.45, 7) is 4.88. The number of rotatable bonds is 1. The average molecular weight is 176 g/mol. The maximum absolute atomic E-state index is 3.42. The van der Waals surface area contributed by atoms with Crippen molar-refractivity contribution in [2.24, 2.45) is 11.3 Å². The molecule has 2 aliphatic rings. The van der Waals surface area contributed by atoms with Gasteiger partial charge in [-0.1, -0.05) is 13.3 Å². The van der Waals surface area contributed by atoms with Crippen molar-refractivity contribution >= 4 is 12.4 Å². The molecule has 1 aliphatic carbocycles. The molecular weight excluding hydrogens is 158 g/mol. The first-order chi connectivity index (χ1) is 4.87. The van der Waals surface area contributed by atoms with E-state index in [0.29, 0.717) is 0 Å². The van der Waals surface area contributed by atoms with Gasteiger partial charge in [-0.25, -0.2) is 0 Å². The van der Waals surface area contributed by atoms with Crippen LogP contribution in [0.2, 0.25) is 0 Å². The fraction of sp³-hybridized carbons (Fsp3) is 1.00. The highest BCUT2D eigenvalue weighted by molar-refractivity contribution is 5.85. The molecule has 2 fully saturated rings. The average Bonchev–Trinajstić information content (AvgIpc) is 2.65. The smallest absolute Gasteiger partial charge is 0.00435 e. The van der Waals surface area contributed by atoms with Crippen molar-refractivity contribution < 1.29 is 0 Å². The van der Waals surface area contributed by atoms with Crippen molar-refractivity contribution in [2.75, 3.05) is 13.1 Å². The van der Waals surface area contributed by atoms with Crippen LogP contribution in [-0.4, -0.2) is 13.1 Å². The first-order valence-corrected chi connectivity index (χ1v) is 4.58. The molecule has 0 aromatic heterocycles. The van der Waals surface area contributed by atoms with E-state index in [-0.39, 0.29) is 12.4 Å². The first kappa shape index (κ1) is 9.34. The summed E-state index contributed by atoms with van der Waals surface area (Å²) in [6, 6.07) is 0. The van der Waals surface area contributed by atoms with Crippen LogP contribution in [0.3, 0.4) is 0 Å². The van der Waals surface area contributed by atoms with E-state index < -0.39 is 0 Å². The van der Waals surface area contributed by atoms with E-state index in [0.717, 1.165) is 11.3 Å². The van der Waals surface area contributed by atoms with Gasteiger partial charge in [-0.3, -0.25) is 0 Å². The second-order valence-electron chi connectivity index (χ2n) is 3.92. The van der Waals surface area contributed by atoms with E-state index >= 15 is 0 Å². The molecule has 11 heavy (non-hydrogen) atoms. The summed E-state index contributed by atoms with van der Waals surface area (Å²) in [7, 11) is 0. The summed E-state index contributed by atoms with van der Waals surface area (Å²) in [5.74, 6) is 1.09. The third-order valence-electron chi connectivity index (χ3n) is 3.45. The Kier molecular flexibility index (Phi) is 2.82. The van der Waals surface area contributed by atoms with Gasteiger partial charge in [0.15, 0.2) is 0 Å². The molecule has 1 heterocycles. The highest BCUT2D eigenvalue weighted by atomic mass is 35.5. The monoisotopic (exact) mass is 175 g/mol. The largest absolute Gasteiger partial charge is 0.317 e. The molecule has 66 valence electrons. The van der Waals surface area contributed by atoms with Crippen LogP contribution in [0.1, 0.15) is 32.6 Å². The van der Waals surface area contributed by atoms with E-state index in [1.54, 1.807) is 0 Å². The first-order valence-electron chi connectivity index (χ1n) is 4.58. The maximum Gasteiger partial charge on any atom is -0.00435 e. The van der Waals surface area contributed by atoms with Crippen molar-refractivity contribution in [1.82, 2.24) is 5.32 Å². The minimum absolute atomic E-state index is 0. The van der Waals surface area contributed by atoms with Gasteiger partial charge in [0.25, 0.3) is 0 Å². The van der Waals surface area contributed by atoms with Crippen molar-refractivity contribution in [2.45, 2.75) is 32.6 Å². The van der Waals surface area contributed by atoms with Crippen LogP contribution in [0.4, 0.5) is 0 Å². The Bertz CT molecular complexity index is 130. The highest BCUT2D eigenvalue weighted by Crippen LogP contribution is 2.59. The lowest BCUT2D eigenvalue weighted by Gasteiger charge is -2.23. The van der Waals surface area contributed by atoms with E-state index in [1.165, 1.54) is 38.8 Å². The Morgan fingerprint density at radius 1 is 1.36 bits per heavy atom. The highest BCUT2D eigenvalue weighted by Gasteiger charge is 2.52. The van der Waals surface area contributed by atoms with Gasteiger partial charge in [0.05, 0.1) is 0 Å². The third kappa shape index (κ3) is 1.54. The van der Waals surface area contributed by atoms with Gasteiger partial charge in [-0.15, -0.1) is 12.4 Å². The van der Waals surface area contributed by atoms with E-state index in [4.69, 9.17) is 0 Å². The zero-order chi connectivity index (χ0) is 7.03. The molecule has 1 saturated carbocycles. The molecule has 1 atom stereocenters. The summed E-state index contributed by atoms with van der Waals surface area (Å²) in [6.07, 6.45) is 5.85. The second kappa shape index (κ2) is 3.32. The summed E-state index contributed by atoms with van der Waals surface area (Å²) in [5.41, 5.74) is 0.833. The molecule has 0 amide bonds. The molecule has 1 unspecified atom stereocenters. The predicted octanol–water partition coefficient (Wildman–Crippen LogP) is 2.21. The summed E-state index contributed by atoms with van der Waals surface area (Å²) in [5, 5.41) is 3.42. The van der Waals surface area contributed by atoms with Gasteiger partial charge < -0.3 is 5.32 Å². The lowest BCUT2D eigenvalue weighted by Crippen LogP contribution is -2.29. The van der Waals surface area contributed by atoms with Crippen molar-refractivity contribution in [3.63, 3.8) is 0 Å². The topological polar surface area (TPSA) is 12.0 Å². The van der Waals surface area contributed by atoms with Gasteiger partial charge in [-0.2, -0.15) is 0 Å². The van der Waals surface area contributed by atoms with E-state index in [2.05, 4.69) is 12.2 Å². The number of hydrogen-bond acceptors (Lipinski definition) is 1. The molecule has 1 saturated heterocycles. The van der Waals surface area contributed by atoms with Crippen LogP contribution in [0.15, 0.2) is 0 Å². The minimum Gasteiger partial charge on any atom is -0.317 e. The molecule has 0 radical (unpaired) electrons. The Balaban J connectivity index is 0.000000605. The molecule has 1 nitrogen and oxygen atoms in total. The molecule has 1 N–H and O–H groups in total. The summed E-state index contributed by atoms with van der Waals surface area (Å²) >= 11 is 0. The zero-order valence-electron chi connectivity index (χ0n) is 7.23. The minimum atomic E-state index is 0. The molecule has 2 heteroatoms. The van der Waals surface area contributed by atoms with Crippen LogP contribution in [0.25, 0.3) is 0 Å². The fourth-order valence-electron chi connectivity index (χ4n) is 2.55. The Morgan fingerprint density at radius 3 is 2.45 bits per heavy atom. The van der Waals surface area contributed by atoms with Crippen LogP contribution in [0, 0.1) is 11.3 Å². The number of piperidine rings is 1. The van der Waals surface area contributed by atoms with Gasteiger partial charge in [0, 0.05) is 0 Å². The number of nitrogens with one attached hydrogen (secondary N) is 1. The number of hydrogen-bond donors (Lipinski definition) is 1. The fourth-order valence-corrected chi connectivity index (χ4v) is 2.55. The molecular formula is C9H18ClN.